The van der Waals surface area contributed by atoms with Crippen LogP contribution in [0.4, 0.5) is 5.69 Å². The summed E-state index contributed by atoms with van der Waals surface area (Å²) in [5, 5.41) is 9.62. The van der Waals surface area contributed by atoms with Gasteiger partial charge in [0.05, 0.1) is 10.3 Å². The van der Waals surface area contributed by atoms with Gasteiger partial charge in [-0.3, -0.25) is 4.79 Å². The third kappa shape index (κ3) is 3.31. The molecule has 0 saturated carbocycles. The molecule has 1 amide bonds. The number of hydrogen-bond acceptors (Lipinski definition) is 4. The third-order valence-corrected chi connectivity index (χ3v) is 6.48. The van der Waals surface area contributed by atoms with E-state index in [1.165, 1.54) is 17.3 Å². The van der Waals surface area contributed by atoms with Crippen molar-refractivity contribution in [2.45, 2.75) is 36.7 Å². The number of amides is 1. The van der Waals surface area contributed by atoms with Crippen LogP contribution >= 0.6 is 23.4 Å². The first-order chi connectivity index (χ1) is 13.5. The van der Waals surface area contributed by atoms with Crippen LogP contribution in [0.25, 0.3) is 11.4 Å². The highest BCUT2D eigenvalue weighted by atomic mass is 35.5. The highest BCUT2D eigenvalue weighted by Gasteiger charge is 2.34. The van der Waals surface area contributed by atoms with E-state index < -0.39 is 0 Å². The standard InChI is InChI=1S/C21H21ClN4OS/c1-13-12-15-8-4-7-11-18(15)26(13)20(27)14(2)28-21-24-23-19(25(21)3)16-9-5-6-10-17(16)22/h4-11,13-14H,12H2,1-3H3/t13-,14+/m0/s1. The Hall–Kier alpha value is -2.31. The van der Waals surface area contributed by atoms with E-state index >= 15 is 0 Å². The van der Waals surface area contributed by atoms with E-state index in [0.29, 0.717) is 16.0 Å². The number of rotatable bonds is 4. The van der Waals surface area contributed by atoms with E-state index in [9.17, 15) is 4.79 Å². The lowest BCUT2D eigenvalue weighted by atomic mass is 10.1. The summed E-state index contributed by atoms with van der Waals surface area (Å²) >= 11 is 7.72. The van der Waals surface area contributed by atoms with E-state index in [1.807, 2.05) is 65.9 Å². The number of hydrogen-bond donors (Lipinski definition) is 0. The molecule has 5 nitrogen and oxygen atoms in total. The first-order valence-electron chi connectivity index (χ1n) is 9.19. The Bertz CT molecular complexity index is 1030. The Labute approximate surface area is 173 Å². The zero-order valence-corrected chi connectivity index (χ0v) is 17.5. The molecule has 0 fully saturated rings. The Morgan fingerprint density at radius 2 is 1.89 bits per heavy atom. The van der Waals surface area contributed by atoms with E-state index in [4.69, 9.17) is 11.6 Å². The zero-order valence-electron chi connectivity index (χ0n) is 16.0. The topological polar surface area (TPSA) is 51.0 Å². The molecule has 1 aromatic heterocycles. The predicted molar refractivity (Wildman–Crippen MR) is 114 cm³/mol. The van der Waals surface area contributed by atoms with Gasteiger partial charge >= 0.3 is 0 Å². The molecule has 2 heterocycles. The zero-order chi connectivity index (χ0) is 19.8. The van der Waals surface area contributed by atoms with Crippen molar-refractivity contribution in [3.63, 3.8) is 0 Å². The first kappa shape index (κ1) is 19.0. The molecule has 0 spiro atoms. The summed E-state index contributed by atoms with van der Waals surface area (Å²) in [7, 11) is 1.89. The molecule has 4 rings (SSSR count). The molecular formula is C21H21ClN4OS. The number of para-hydroxylation sites is 1. The average Bonchev–Trinajstić information content (AvgIpc) is 3.21. The van der Waals surface area contributed by atoms with E-state index in [2.05, 4.69) is 23.2 Å². The lowest BCUT2D eigenvalue weighted by Crippen LogP contribution is -2.40. The summed E-state index contributed by atoms with van der Waals surface area (Å²) in [6, 6.07) is 15.8. The number of aromatic nitrogens is 3. The lowest BCUT2D eigenvalue weighted by molar-refractivity contribution is -0.118. The van der Waals surface area contributed by atoms with Crippen LogP contribution in [0.5, 0.6) is 0 Å². The fourth-order valence-corrected chi connectivity index (χ4v) is 4.68. The second kappa shape index (κ2) is 7.60. The summed E-state index contributed by atoms with van der Waals surface area (Å²) in [6.45, 7) is 4.01. The van der Waals surface area contributed by atoms with Crippen LogP contribution in [-0.2, 0) is 18.3 Å². The van der Waals surface area contributed by atoms with E-state index in [0.717, 1.165) is 17.7 Å². The van der Waals surface area contributed by atoms with E-state index in [-0.39, 0.29) is 17.2 Å². The molecule has 0 saturated heterocycles. The van der Waals surface area contributed by atoms with Crippen LogP contribution in [0.2, 0.25) is 5.02 Å². The minimum absolute atomic E-state index is 0.0877. The molecule has 2 atom stereocenters. The van der Waals surface area contributed by atoms with Crippen LogP contribution in [-0.4, -0.2) is 32.0 Å². The molecule has 1 aliphatic heterocycles. The van der Waals surface area contributed by atoms with Gasteiger partial charge in [0.1, 0.15) is 0 Å². The minimum Gasteiger partial charge on any atom is -0.308 e. The molecule has 0 unspecified atom stereocenters. The summed E-state index contributed by atoms with van der Waals surface area (Å²) in [6.07, 6.45) is 0.889. The van der Waals surface area contributed by atoms with Gasteiger partial charge in [0, 0.05) is 24.3 Å². The SMILES string of the molecule is C[C@@H](Sc1nnc(-c2ccccc2Cl)n1C)C(=O)N1c2ccccc2C[C@@H]1C. The Morgan fingerprint density at radius 1 is 1.18 bits per heavy atom. The molecule has 0 bridgehead atoms. The van der Waals surface area contributed by atoms with Crippen molar-refractivity contribution in [1.82, 2.24) is 14.8 Å². The number of benzene rings is 2. The number of thioether (sulfide) groups is 1. The smallest absolute Gasteiger partial charge is 0.240 e. The second-order valence-electron chi connectivity index (χ2n) is 7.00. The van der Waals surface area contributed by atoms with Gasteiger partial charge in [0.25, 0.3) is 0 Å². The summed E-state index contributed by atoms with van der Waals surface area (Å²) in [4.78, 5) is 15.1. The molecule has 0 N–H and O–H groups in total. The van der Waals surface area contributed by atoms with Crippen LogP contribution < -0.4 is 4.90 Å². The Kier molecular flexibility index (Phi) is 5.17. The number of carbonyl (C=O) groups excluding carboxylic acids is 1. The molecule has 28 heavy (non-hydrogen) atoms. The summed E-state index contributed by atoms with van der Waals surface area (Å²) < 4.78 is 1.89. The van der Waals surface area contributed by atoms with Crippen molar-refractivity contribution in [3.05, 3.63) is 59.1 Å². The molecule has 1 aliphatic rings. The maximum Gasteiger partial charge on any atom is 0.240 e. The summed E-state index contributed by atoms with van der Waals surface area (Å²) in [5.41, 5.74) is 3.06. The van der Waals surface area contributed by atoms with Crippen LogP contribution in [0.1, 0.15) is 19.4 Å². The number of halogens is 1. The number of fused-ring (bicyclic) bond motifs is 1. The van der Waals surface area contributed by atoms with Crippen LogP contribution in [0.3, 0.4) is 0 Å². The van der Waals surface area contributed by atoms with Gasteiger partial charge in [-0.1, -0.05) is 53.7 Å². The molecule has 3 aromatic rings. The number of anilines is 1. The highest BCUT2D eigenvalue weighted by Crippen LogP contribution is 2.35. The van der Waals surface area contributed by atoms with Crippen molar-refractivity contribution >= 4 is 35.0 Å². The lowest BCUT2D eigenvalue weighted by Gasteiger charge is -2.25. The van der Waals surface area contributed by atoms with Crippen molar-refractivity contribution in [1.29, 1.82) is 0 Å². The quantitative estimate of drug-likeness (QED) is 0.588. The van der Waals surface area contributed by atoms with Gasteiger partial charge in [0.2, 0.25) is 5.91 Å². The van der Waals surface area contributed by atoms with Crippen molar-refractivity contribution < 1.29 is 4.79 Å². The van der Waals surface area contributed by atoms with Crippen molar-refractivity contribution in [3.8, 4) is 11.4 Å². The molecular weight excluding hydrogens is 392 g/mol. The first-order valence-corrected chi connectivity index (χ1v) is 10.4. The highest BCUT2D eigenvalue weighted by molar-refractivity contribution is 8.00. The fourth-order valence-electron chi connectivity index (χ4n) is 3.60. The van der Waals surface area contributed by atoms with Gasteiger partial charge in [0.15, 0.2) is 11.0 Å². The molecule has 7 heteroatoms. The van der Waals surface area contributed by atoms with Crippen LogP contribution in [0, 0.1) is 0 Å². The molecule has 0 aliphatic carbocycles. The van der Waals surface area contributed by atoms with E-state index in [1.54, 1.807) is 0 Å². The largest absolute Gasteiger partial charge is 0.308 e. The number of nitrogens with zero attached hydrogens (tertiary/aromatic N) is 4. The number of carbonyl (C=O) groups is 1. The van der Waals surface area contributed by atoms with Crippen molar-refractivity contribution in [2.75, 3.05) is 4.90 Å². The van der Waals surface area contributed by atoms with Gasteiger partial charge in [-0.2, -0.15) is 0 Å². The molecule has 144 valence electrons. The minimum atomic E-state index is -0.282. The van der Waals surface area contributed by atoms with Gasteiger partial charge < -0.3 is 9.47 Å². The Morgan fingerprint density at radius 3 is 2.68 bits per heavy atom. The fraction of sp³-hybridized carbons (Fsp3) is 0.286. The Balaban J connectivity index is 1.56. The average molecular weight is 413 g/mol. The summed E-state index contributed by atoms with van der Waals surface area (Å²) in [5.74, 6) is 0.775. The monoisotopic (exact) mass is 412 g/mol. The second-order valence-corrected chi connectivity index (χ2v) is 8.71. The van der Waals surface area contributed by atoms with Crippen LogP contribution in [0.15, 0.2) is 53.7 Å². The third-order valence-electron chi connectivity index (χ3n) is 5.02. The molecule has 2 aromatic carbocycles. The maximum atomic E-state index is 13.2. The normalized spacial score (nSPS) is 16.9. The van der Waals surface area contributed by atoms with Gasteiger partial charge in [-0.15, -0.1) is 10.2 Å². The van der Waals surface area contributed by atoms with Crippen molar-refractivity contribution in [2.24, 2.45) is 7.05 Å². The maximum absolute atomic E-state index is 13.2. The van der Waals surface area contributed by atoms with Gasteiger partial charge in [-0.05, 0) is 44.0 Å². The molecule has 0 radical (unpaired) electrons. The predicted octanol–water partition coefficient (Wildman–Crippen LogP) is 4.59. The van der Waals surface area contributed by atoms with Gasteiger partial charge in [-0.25, -0.2) is 0 Å².